The molecule has 1 aromatic heterocycles. The van der Waals surface area contributed by atoms with E-state index in [2.05, 4.69) is 4.98 Å². The van der Waals surface area contributed by atoms with E-state index in [0.717, 1.165) is 12.1 Å². The molecule has 0 spiro atoms. The van der Waals surface area contributed by atoms with Gasteiger partial charge in [-0.15, -0.1) is 0 Å². The predicted octanol–water partition coefficient (Wildman–Crippen LogP) is 4.28. The highest BCUT2D eigenvalue weighted by Crippen LogP contribution is 2.31. The number of ether oxygens (including phenoxy) is 1. The Labute approximate surface area is 108 Å². The van der Waals surface area contributed by atoms with Gasteiger partial charge in [0.2, 0.25) is 0 Å². The van der Waals surface area contributed by atoms with Crippen LogP contribution in [0.25, 0.3) is 0 Å². The smallest absolute Gasteiger partial charge is 0.416 e. The Hall–Kier alpha value is -1.98. The molecular formula is C13H13F3N2O. The van der Waals surface area contributed by atoms with E-state index in [1.807, 2.05) is 13.8 Å². The highest BCUT2D eigenvalue weighted by atomic mass is 19.4. The molecule has 0 bridgehead atoms. The molecule has 1 heterocycles. The summed E-state index contributed by atoms with van der Waals surface area (Å²) in [7, 11) is 0. The highest BCUT2D eigenvalue weighted by molar-refractivity contribution is 5.30. The molecule has 0 atom stereocenters. The van der Waals surface area contributed by atoms with Gasteiger partial charge in [0, 0.05) is 18.4 Å². The molecule has 19 heavy (non-hydrogen) atoms. The van der Waals surface area contributed by atoms with Gasteiger partial charge in [-0.05, 0) is 38.1 Å². The summed E-state index contributed by atoms with van der Waals surface area (Å²) in [4.78, 5) is 4.02. The van der Waals surface area contributed by atoms with E-state index in [9.17, 15) is 13.2 Å². The van der Waals surface area contributed by atoms with Crippen LogP contribution in [0.5, 0.6) is 11.8 Å². The van der Waals surface area contributed by atoms with Crippen molar-refractivity contribution in [2.24, 2.45) is 0 Å². The summed E-state index contributed by atoms with van der Waals surface area (Å²) in [5.74, 6) is 0.320. The second-order valence-corrected chi connectivity index (χ2v) is 4.34. The van der Waals surface area contributed by atoms with E-state index in [4.69, 9.17) is 4.74 Å². The van der Waals surface area contributed by atoms with Gasteiger partial charge in [0.1, 0.15) is 5.75 Å². The second kappa shape index (κ2) is 4.95. The fourth-order valence-electron chi connectivity index (χ4n) is 1.59. The van der Waals surface area contributed by atoms with Gasteiger partial charge in [0.15, 0.2) is 0 Å². The number of imidazole rings is 1. The van der Waals surface area contributed by atoms with E-state index in [1.54, 1.807) is 17.0 Å². The molecule has 102 valence electrons. The van der Waals surface area contributed by atoms with Gasteiger partial charge in [-0.2, -0.15) is 13.2 Å². The van der Waals surface area contributed by atoms with Crippen LogP contribution in [0.4, 0.5) is 13.2 Å². The van der Waals surface area contributed by atoms with Crippen molar-refractivity contribution in [1.29, 1.82) is 0 Å². The Bertz CT molecular complexity index is 544. The first-order chi connectivity index (χ1) is 8.88. The first-order valence-electron chi connectivity index (χ1n) is 5.76. The summed E-state index contributed by atoms with van der Waals surface area (Å²) >= 11 is 0. The molecule has 0 amide bonds. The minimum absolute atomic E-state index is 0.159. The Kier molecular flexibility index (Phi) is 3.50. The van der Waals surface area contributed by atoms with Crippen molar-refractivity contribution in [1.82, 2.24) is 9.55 Å². The van der Waals surface area contributed by atoms with E-state index < -0.39 is 11.7 Å². The maximum Gasteiger partial charge on any atom is 0.416 e. The lowest BCUT2D eigenvalue weighted by molar-refractivity contribution is -0.137. The lowest BCUT2D eigenvalue weighted by Gasteiger charge is -2.12. The summed E-state index contributed by atoms with van der Waals surface area (Å²) in [6.45, 7) is 3.92. The summed E-state index contributed by atoms with van der Waals surface area (Å²) in [6, 6.07) is 5.04. The molecule has 2 aromatic rings. The molecule has 1 aromatic carbocycles. The number of nitrogens with zero attached hydrogens (tertiary/aromatic N) is 2. The van der Waals surface area contributed by atoms with Crippen molar-refractivity contribution in [2.45, 2.75) is 26.1 Å². The van der Waals surface area contributed by atoms with Crippen LogP contribution in [0, 0.1) is 0 Å². The van der Waals surface area contributed by atoms with Crippen molar-refractivity contribution in [2.75, 3.05) is 0 Å². The van der Waals surface area contributed by atoms with Gasteiger partial charge in [0.05, 0.1) is 5.56 Å². The van der Waals surface area contributed by atoms with Crippen LogP contribution in [0.15, 0.2) is 36.7 Å². The number of aromatic nitrogens is 2. The fraction of sp³-hybridized carbons (Fsp3) is 0.308. The zero-order chi connectivity index (χ0) is 14.0. The standard InChI is InChI=1S/C13H13F3N2O/c1-9(2)18-8-7-17-12(18)19-11-5-3-10(4-6-11)13(14,15)16/h3-9H,1-2H3. The van der Waals surface area contributed by atoms with E-state index in [1.165, 1.54) is 12.1 Å². The first-order valence-corrected chi connectivity index (χ1v) is 5.76. The van der Waals surface area contributed by atoms with Gasteiger partial charge in [-0.25, -0.2) is 4.98 Å². The molecule has 0 aliphatic rings. The summed E-state index contributed by atoms with van der Waals surface area (Å²) in [6.07, 6.45) is -1.00. The number of alkyl halides is 3. The fourth-order valence-corrected chi connectivity index (χ4v) is 1.59. The van der Waals surface area contributed by atoms with Crippen LogP contribution in [0.2, 0.25) is 0 Å². The molecule has 0 N–H and O–H groups in total. The zero-order valence-electron chi connectivity index (χ0n) is 10.5. The SMILES string of the molecule is CC(C)n1ccnc1Oc1ccc(C(F)(F)F)cc1. The average Bonchev–Trinajstić information content (AvgIpc) is 2.77. The Morgan fingerprint density at radius 1 is 1.16 bits per heavy atom. The molecule has 0 aliphatic heterocycles. The molecule has 3 nitrogen and oxygen atoms in total. The molecule has 6 heteroatoms. The highest BCUT2D eigenvalue weighted by Gasteiger charge is 2.30. The number of halogens is 3. The number of hydrogen-bond acceptors (Lipinski definition) is 2. The molecular weight excluding hydrogens is 257 g/mol. The van der Waals surface area contributed by atoms with Gasteiger partial charge < -0.3 is 4.74 Å². The third-order valence-corrected chi connectivity index (χ3v) is 2.58. The van der Waals surface area contributed by atoms with Crippen molar-refractivity contribution >= 4 is 0 Å². The lowest BCUT2D eigenvalue weighted by Crippen LogP contribution is -2.05. The molecule has 0 radical (unpaired) electrons. The van der Waals surface area contributed by atoms with Crippen LogP contribution >= 0.6 is 0 Å². The van der Waals surface area contributed by atoms with Gasteiger partial charge in [0.25, 0.3) is 0 Å². The average molecular weight is 270 g/mol. The van der Waals surface area contributed by atoms with Crippen molar-refractivity contribution in [3.8, 4) is 11.8 Å². The van der Waals surface area contributed by atoms with E-state index >= 15 is 0 Å². The topological polar surface area (TPSA) is 27.1 Å². The van der Waals surface area contributed by atoms with Crippen LogP contribution < -0.4 is 4.74 Å². The molecule has 0 aliphatic carbocycles. The normalized spacial score (nSPS) is 11.9. The van der Waals surface area contributed by atoms with Crippen LogP contribution in [-0.2, 0) is 6.18 Å². The third kappa shape index (κ3) is 3.07. The molecule has 0 saturated carbocycles. The number of rotatable bonds is 3. The lowest BCUT2D eigenvalue weighted by atomic mass is 10.2. The van der Waals surface area contributed by atoms with Crippen molar-refractivity contribution in [3.05, 3.63) is 42.2 Å². The Morgan fingerprint density at radius 2 is 1.79 bits per heavy atom. The molecule has 0 unspecified atom stereocenters. The molecule has 0 saturated heterocycles. The largest absolute Gasteiger partial charge is 0.426 e. The molecule has 0 fully saturated rings. The second-order valence-electron chi connectivity index (χ2n) is 4.34. The summed E-state index contributed by atoms with van der Waals surface area (Å²) < 4.78 is 44.5. The van der Waals surface area contributed by atoms with Gasteiger partial charge in [-0.1, -0.05) is 0 Å². The maximum absolute atomic E-state index is 12.4. The number of hydrogen-bond donors (Lipinski definition) is 0. The minimum Gasteiger partial charge on any atom is -0.426 e. The summed E-state index contributed by atoms with van der Waals surface area (Å²) in [5, 5.41) is 0. The Balaban J connectivity index is 2.18. The third-order valence-electron chi connectivity index (χ3n) is 2.58. The maximum atomic E-state index is 12.4. The molecule has 2 rings (SSSR count). The monoisotopic (exact) mass is 270 g/mol. The van der Waals surface area contributed by atoms with Crippen LogP contribution in [0.1, 0.15) is 25.5 Å². The van der Waals surface area contributed by atoms with Crippen molar-refractivity contribution in [3.63, 3.8) is 0 Å². The van der Waals surface area contributed by atoms with Gasteiger partial charge >= 0.3 is 12.2 Å². The zero-order valence-corrected chi connectivity index (χ0v) is 10.5. The number of benzene rings is 1. The van der Waals surface area contributed by atoms with Crippen LogP contribution in [0.3, 0.4) is 0 Å². The predicted molar refractivity (Wildman–Crippen MR) is 64.1 cm³/mol. The van der Waals surface area contributed by atoms with Gasteiger partial charge in [-0.3, -0.25) is 4.57 Å². The van der Waals surface area contributed by atoms with Crippen LogP contribution in [-0.4, -0.2) is 9.55 Å². The minimum atomic E-state index is -4.34. The summed E-state index contributed by atoms with van der Waals surface area (Å²) in [5.41, 5.74) is -0.702. The Morgan fingerprint density at radius 3 is 2.32 bits per heavy atom. The van der Waals surface area contributed by atoms with Crippen molar-refractivity contribution < 1.29 is 17.9 Å². The first kappa shape index (κ1) is 13.5. The van der Waals surface area contributed by atoms with E-state index in [-0.39, 0.29) is 6.04 Å². The quantitative estimate of drug-likeness (QED) is 0.832. The van der Waals surface area contributed by atoms with E-state index in [0.29, 0.717) is 11.8 Å².